The maximum absolute atomic E-state index is 5.76. The van der Waals surface area contributed by atoms with Gasteiger partial charge in [-0.1, -0.05) is 61.4 Å². The molecule has 1 atom stereocenters. The first-order chi connectivity index (χ1) is 9.67. The molecule has 20 heavy (non-hydrogen) atoms. The topological polar surface area (TPSA) is 38.0 Å². The quantitative estimate of drug-likeness (QED) is 0.607. The maximum Gasteiger partial charge on any atom is 0.0251 e. The van der Waals surface area contributed by atoms with Crippen molar-refractivity contribution in [3.05, 3.63) is 34.9 Å². The monoisotopic (exact) mass is 274 g/mol. The maximum atomic E-state index is 5.76. The Morgan fingerprint density at radius 3 is 2.35 bits per heavy atom. The summed E-state index contributed by atoms with van der Waals surface area (Å²) in [5.74, 6) is 6.71. The lowest BCUT2D eigenvalue weighted by atomic mass is 9.84. The second kappa shape index (κ2) is 7.80. The molecule has 1 fully saturated rings. The van der Waals surface area contributed by atoms with Gasteiger partial charge in [0.15, 0.2) is 0 Å². The average molecular weight is 274 g/mol. The number of aryl methyl sites for hydroxylation is 2. The highest BCUT2D eigenvalue weighted by Crippen LogP contribution is 2.28. The number of hydrogen-bond donors (Lipinski definition) is 2. The molecule has 0 spiro atoms. The lowest BCUT2D eigenvalue weighted by Gasteiger charge is -2.24. The minimum atomic E-state index is 0.415. The first-order valence-electron chi connectivity index (χ1n) is 8.20. The van der Waals surface area contributed by atoms with Crippen LogP contribution >= 0.6 is 0 Å². The van der Waals surface area contributed by atoms with E-state index in [9.17, 15) is 0 Å². The Hall–Kier alpha value is -0.860. The zero-order valence-electron chi connectivity index (χ0n) is 13.1. The van der Waals surface area contributed by atoms with E-state index in [0.29, 0.717) is 6.04 Å². The Morgan fingerprint density at radius 2 is 1.75 bits per heavy atom. The van der Waals surface area contributed by atoms with Crippen molar-refractivity contribution in [2.45, 2.75) is 71.3 Å². The minimum absolute atomic E-state index is 0.415. The van der Waals surface area contributed by atoms with Crippen LogP contribution < -0.4 is 11.3 Å². The lowest BCUT2D eigenvalue weighted by molar-refractivity contribution is 0.313. The number of rotatable bonds is 6. The molecule has 3 N–H and O–H groups in total. The average Bonchev–Trinajstić information content (AvgIpc) is 2.43. The van der Waals surface area contributed by atoms with Gasteiger partial charge >= 0.3 is 0 Å². The van der Waals surface area contributed by atoms with Gasteiger partial charge in [0.2, 0.25) is 0 Å². The molecule has 1 aromatic rings. The van der Waals surface area contributed by atoms with Crippen LogP contribution in [0.25, 0.3) is 0 Å². The molecule has 0 aliphatic heterocycles. The van der Waals surface area contributed by atoms with Gasteiger partial charge in [0.25, 0.3) is 0 Å². The molecule has 1 aliphatic carbocycles. The predicted molar refractivity (Wildman–Crippen MR) is 86.5 cm³/mol. The van der Waals surface area contributed by atoms with E-state index in [1.54, 1.807) is 0 Å². The van der Waals surface area contributed by atoms with E-state index < -0.39 is 0 Å². The number of benzene rings is 1. The second-order valence-corrected chi connectivity index (χ2v) is 6.65. The summed E-state index contributed by atoms with van der Waals surface area (Å²) in [7, 11) is 0. The molecule has 0 heterocycles. The molecule has 0 bridgehead atoms. The van der Waals surface area contributed by atoms with Crippen LogP contribution in [0.3, 0.4) is 0 Å². The first-order valence-corrected chi connectivity index (χ1v) is 8.20. The van der Waals surface area contributed by atoms with Gasteiger partial charge in [-0.25, -0.2) is 0 Å². The molecular formula is C18H30N2. The number of hydrazine groups is 1. The van der Waals surface area contributed by atoms with Gasteiger partial charge in [-0.2, -0.15) is 0 Å². The summed E-state index contributed by atoms with van der Waals surface area (Å²) in [6.45, 7) is 4.34. The van der Waals surface area contributed by atoms with Crippen LogP contribution in [0.4, 0.5) is 0 Å². The fourth-order valence-corrected chi connectivity index (χ4v) is 3.63. The first kappa shape index (κ1) is 15.5. The molecular weight excluding hydrogens is 244 g/mol. The molecule has 2 rings (SSSR count). The molecule has 1 saturated carbocycles. The lowest BCUT2D eigenvalue weighted by Crippen LogP contribution is -2.37. The third kappa shape index (κ3) is 4.92. The zero-order valence-corrected chi connectivity index (χ0v) is 13.1. The molecule has 0 amide bonds. The van der Waals surface area contributed by atoms with E-state index in [1.165, 1.54) is 61.6 Å². The summed E-state index contributed by atoms with van der Waals surface area (Å²) in [6.07, 6.45) is 10.8. The Morgan fingerprint density at radius 1 is 1.10 bits per heavy atom. The van der Waals surface area contributed by atoms with Gasteiger partial charge in [0, 0.05) is 6.04 Å². The molecule has 2 heteroatoms. The normalized spacial score (nSPS) is 18.1. The van der Waals surface area contributed by atoms with Crippen LogP contribution in [-0.2, 0) is 6.42 Å². The summed E-state index contributed by atoms with van der Waals surface area (Å²) in [5.41, 5.74) is 7.14. The highest BCUT2D eigenvalue weighted by molar-refractivity contribution is 5.29. The highest BCUT2D eigenvalue weighted by Gasteiger charge is 2.16. The summed E-state index contributed by atoms with van der Waals surface area (Å²) >= 11 is 0. The van der Waals surface area contributed by atoms with Crippen LogP contribution in [0, 0.1) is 19.8 Å². The van der Waals surface area contributed by atoms with Crippen molar-refractivity contribution in [1.82, 2.24) is 5.43 Å². The Kier molecular flexibility index (Phi) is 6.06. The Bertz CT molecular complexity index is 388. The highest BCUT2D eigenvalue weighted by atomic mass is 15.2. The molecule has 0 aromatic heterocycles. The van der Waals surface area contributed by atoms with Crippen molar-refractivity contribution in [2.24, 2.45) is 11.8 Å². The van der Waals surface area contributed by atoms with Crippen molar-refractivity contribution in [3.63, 3.8) is 0 Å². The third-order valence-electron chi connectivity index (χ3n) is 4.65. The second-order valence-electron chi connectivity index (χ2n) is 6.65. The van der Waals surface area contributed by atoms with E-state index in [0.717, 1.165) is 12.3 Å². The SMILES string of the molecule is Cc1cc(C)cc(CC(CCC2CCCCC2)NN)c1. The van der Waals surface area contributed by atoms with Gasteiger partial charge in [0.05, 0.1) is 0 Å². The predicted octanol–water partition coefficient (Wildman–Crippen LogP) is 4.04. The van der Waals surface area contributed by atoms with Gasteiger partial charge < -0.3 is 0 Å². The van der Waals surface area contributed by atoms with Gasteiger partial charge in [-0.3, -0.25) is 11.3 Å². The van der Waals surface area contributed by atoms with Gasteiger partial charge in [-0.05, 0) is 44.6 Å². The Balaban J connectivity index is 1.84. The van der Waals surface area contributed by atoms with E-state index in [2.05, 4.69) is 37.5 Å². The molecule has 1 aromatic carbocycles. The molecule has 1 unspecified atom stereocenters. The van der Waals surface area contributed by atoms with Crippen molar-refractivity contribution >= 4 is 0 Å². The van der Waals surface area contributed by atoms with Crippen molar-refractivity contribution in [1.29, 1.82) is 0 Å². The summed E-state index contributed by atoms with van der Waals surface area (Å²) < 4.78 is 0. The molecule has 0 radical (unpaired) electrons. The van der Waals surface area contributed by atoms with Crippen LogP contribution in [0.2, 0.25) is 0 Å². The van der Waals surface area contributed by atoms with Gasteiger partial charge in [-0.15, -0.1) is 0 Å². The number of nitrogens with one attached hydrogen (secondary N) is 1. The number of nitrogens with two attached hydrogens (primary N) is 1. The number of hydrogen-bond acceptors (Lipinski definition) is 2. The molecule has 112 valence electrons. The summed E-state index contributed by atoms with van der Waals surface area (Å²) in [5, 5.41) is 0. The van der Waals surface area contributed by atoms with E-state index >= 15 is 0 Å². The summed E-state index contributed by atoms with van der Waals surface area (Å²) in [6, 6.07) is 7.23. The third-order valence-corrected chi connectivity index (χ3v) is 4.65. The zero-order chi connectivity index (χ0) is 14.4. The summed E-state index contributed by atoms with van der Waals surface area (Å²) in [4.78, 5) is 0. The molecule has 2 nitrogen and oxygen atoms in total. The smallest absolute Gasteiger partial charge is 0.0251 e. The van der Waals surface area contributed by atoms with Gasteiger partial charge in [0.1, 0.15) is 0 Å². The molecule has 0 saturated heterocycles. The Labute approximate surface area is 124 Å². The largest absolute Gasteiger partial charge is 0.271 e. The van der Waals surface area contributed by atoms with Crippen LogP contribution in [0.1, 0.15) is 61.6 Å². The van der Waals surface area contributed by atoms with E-state index in [-0.39, 0.29) is 0 Å². The van der Waals surface area contributed by atoms with Crippen LogP contribution in [-0.4, -0.2) is 6.04 Å². The van der Waals surface area contributed by atoms with E-state index in [4.69, 9.17) is 5.84 Å². The fraction of sp³-hybridized carbons (Fsp3) is 0.667. The van der Waals surface area contributed by atoms with Crippen LogP contribution in [0.15, 0.2) is 18.2 Å². The van der Waals surface area contributed by atoms with Crippen molar-refractivity contribution in [2.75, 3.05) is 0 Å². The van der Waals surface area contributed by atoms with Crippen molar-refractivity contribution in [3.8, 4) is 0 Å². The molecule has 1 aliphatic rings. The van der Waals surface area contributed by atoms with Crippen molar-refractivity contribution < 1.29 is 0 Å². The van der Waals surface area contributed by atoms with Crippen LogP contribution in [0.5, 0.6) is 0 Å². The standard InChI is InChI=1S/C18H30N2/c1-14-10-15(2)12-17(11-14)13-18(20-19)9-8-16-6-4-3-5-7-16/h10-12,16,18,20H,3-9,13,19H2,1-2H3. The van der Waals surface area contributed by atoms with E-state index in [1.807, 2.05) is 0 Å². The fourth-order valence-electron chi connectivity index (χ4n) is 3.63. The minimum Gasteiger partial charge on any atom is -0.271 e.